The fourth-order valence-electron chi connectivity index (χ4n) is 4.45. The van der Waals surface area contributed by atoms with Crippen molar-refractivity contribution >= 4 is 5.91 Å². The molecule has 0 saturated heterocycles. The number of aromatic hydroxyl groups is 1. The fraction of sp³-hybridized carbons (Fsp3) is 0.308. The Morgan fingerprint density at radius 1 is 0.875 bits per heavy atom. The lowest BCUT2D eigenvalue weighted by atomic mass is 9.95. The molecule has 0 atom stereocenters. The first-order valence-electron chi connectivity index (χ1n) is 11.1. The molecule has 5 rings (SSSR count). The minimum atomic E-state index is -0.0506. The van der Waals surface area contributed by atoms with Crippen LogP contribution >= 0.6 is 0 Å². The lowest BCUT2D eigenvalue weighted by Crippen LogP contribution is -2.34. The van der Waals surface area contributed by atoms with Crippen LogP contribution in [0.15, 0.2) is 54.7 Å². The first-order chi connectivity index (χ1) is 15.7. The second kappa shape index (κ2) is 8.91. The van der Waals surface area contributed by atoms with Crippen molar-refractivity contribution in [3.05, 3.63) is 82.7 Å². The van der Waals surface area contributed by atoms with Crippen LogP contribution in [0, 0.1) is 0 Å². The molecular weight excluding hydrogens is 404 g/mol. The number of hydrogen-bond acceptors (Lipinski definition) is 5. The molecule has 2 aromatic carbocycles. The summed E-state index contributed by atoms with van der Waals surface area (Å²) in [6.07, 6.45) is 5.60. The molecule has 1 amide bonds. The first-order valence-corrected chi connectivity index (χ1v) is 11.1. The van der Waals surface area contributed by atoms with E-state index in [1.54, 1.807) is 18.3 Å². The van der Waals surface area contributed by atoms with Gasteiger partial charge in [-0.25, -0.2) is 0 Å². The van der Waals surface area contributed by atoms with Crippen molar-refractivity contribution < 1.29 is 19.4 Å². The molecule has 0 saturated carbocycles. The average Bonchev–Trinajstić information content (AvgIpc) is 3.28. The molecule has 32 heavy (non-hydrogen) atoms. The molecule has 3 heterocycles. The molecule has 0 spiro atoms. The third-order valence-electron chi connectivity index (χ3n) is 6.22. The largest absolute Gasteiger partial charge is 0.508 e. The maximum atomic E-state index is 13.1. The van der Waals surface area contributed by atoms with Gasteiger partial charge in [-0.05, 0) is 84.7 Å². The molecule has 6 heteroatoms. The number of amides is 1. The van der Waals surface area contributed by atoms with Crippen molar-refractivity contribution in [1.29, 1.82) is 0 Å². The van der Waals surface area contributed by atoms with E-state index < -0.39 is 0 Å². The molecule has 2 aliphatic heterocycles. The Morgan fingerprint density at radius 2 is 1.66 bits per heavy atom. The van der Waals surface area contributed by atoms with Gasteiger partial charge in [-0.15, -0.1) is 0 Å². The van der Waals surface area contributed by atoms with Gasteiger partial charge in [0.15, 0.2) is 11.5 Å². The second-order valence-electron chi connectivity index (χ2n) is 8.30. The van der Waals surface area contributed by atoms with E-state index in [0.717, 1.165) is 54.7 Å². The van der Waals surface area contributed by atoms with E-state index >= 15 is 0 Å². The Labute approximate surface area is 187 Å². The predicted molar refractivity (Wildman–Crippen MR) is 120 cm³/mol. The smallest absolute Gasteiger partial charge is 0.272 e. The molecule has 0 fully saturated rings. The van der Waals surface area contributed by atoms with Gasteiger partial charge in [0.1, 0.15) is 11.4 Å². The van der Waals surface area contributed by atoms with Crippen LogP contribution in [0.25, 0.3) is 0 Å². The standard InChI is InChI=1S/C26H26N2O4/c29-23-9-6-18-10-13-28(26(30)22-5-1-2-11-27-22)12-3-4-19-15-24-25(32-17-31-24)16-20(19)7-8-21(23)14-18/h1-2,5-6,9,11,14-16,29H,3-4,7-8,10,12-13,17H2. The van der Waals surface area contributed by atoms with Gasteiger partial charge in [0.05, 0.1) is 0 Å². The molecule has 2 bridgehead atoms. The molecular formula is C26H26N2O4. The molecule has 0 radical (unpaired) electrons. The third kappa shape index (κ3) is 4.26. The van der Waals surface area contributed by atoms with Crippen molar-refractivity contribution in [1.82, 2.24) is 9.88 Å². The summed E-state index contributed by atoms with van der Waals surface area (Å²) in [6, 6.07) is 15.3. The summed E-state index contributed by atoms with van der Waals surface area (Å²) in [6.45, 7) is 1.50. The topological polar surface area (TPSA) is 71.9 Å². The highest BCUT2D eigenvalue weighted by Crippen LogP contribution is 2.36. The Bertz CT molecular complexity index is 1130. The molecule has 1 aromatic heterocycles. The average molecular weight is 431 g/mol. The zero-order chi connectivity index (χ0) is 21.9. The Morgan fingerprint density at radius 3 is 2.44 bits per heavy atom. The van der Waals surface area contributed by atoms with Crippen LogP contribution in [-0.4, -0.2) is 40.8 Å². The molecule has 1 N–H and O–H groups in total. The highest BCUT2D eigenvalue weighted by atomic mass is 16.7. The minimum Gasteiger partial charge on any atom is -0.508 e. The molecule has 3 aromatic rings. The molecule has 2 aliphatic rings. The Balaban J connectivity index is 1.47. The van der Waals surface area contributed by atoms with Gasteiger partial charge in [-0.1, -0.05) is 18.2 Å². The van der Waals surface area contributed by atoms with E-state index in [2.05, 4.69) is 23.2 Å². The van der Waals surface area contributed by atoms with Gasteiger partial charge in [-0.2, -0.15) is 0 Å². The molecule has 164 valence electrons. The zero-order valence-electron chi connectivity index (χ0n) is 17.9. The molecule has 0 aliphatic carbocycles. The van der Waals surface area contributed by atoms with Gasteiger partial charge in [0, 0.05) is 19.3 Å². The van der Waals surface area contributed by atoms with Crippen molar-refractivity contribution in [2.45, 2.75) is 32.1 Å². The number of rotatable bonds is 1. The van der Waals surface area contributed by atoms with E-state index in [1.165, 1.54) is 11.1 Å². The summed E-state index contributed by atoms with van der Waals surface area (Å²) in [5.74, 6) is 1.81. The van der Waals surface area contributed by atoms with Gasteiger partial charge in [0.2, 0.25) is 6.79 Å². The van der Waals surface area contributed by atoms with Crippen molar-refractivity contribution in [2.75, 3.05) is 19.9 Å². The van der Waals surface area contributed by atoms with Gasteiger partial charge >= 0.3 is 0 Å². The number of nitrogens with zero attached hydrogens (tertiary/aromatic N) is 2. The minimum absolute atomic E-state index is 0.0506. The van der Waals surface area contributed by atoms with Crippen LogP contribution in [0.1, 0.15) is 39.2 Å². The van der Waals surface area contributed by atoms with Crippen molar-refractivity contribution in [3.63, 3.8) is 0 Å². The highest BCUT2D eigenvalue weighted by Gasteiger charge is 2.20. The summed E-state index contributed by atoms with van der Waals surface area (Å²) in [4.78, 5) is 19.3. The quantitative estimate of drug-likeness (QED) is 0.633. The lowest BCUT2D eigenvalue weighted by molar-refractivity contribution is 0.0749. The van der Waals surface area contributed by atoms with Crippen LogP contribution in [0.3, 0.4) is 0 Å². The van der Waals surface area contributed by atoms with E-state index in [4.69, 9.17) is 9.47 Å². The van der Waals surface area contributed by atoms with Gasteiger partial charge < -0.3 is 19.5 Å². The Kier molecular flexibility index (Phi) is 5.67. The maximum absolute atomic E-state index is 13.1. The van der Waals surface area contributed by atoms with Crippen LogP contribution in [0.4, 0.5) is 0 Å². The maximum Gasteiger partial charge on any atom is 0.272 e. The number of carbonyl (C=O) groups is 1. The van der Waals surface area contributed by atoms with Crippen LogP contribution in [-0.2, 0) is 25.7 Å². The third-order valence-corrected chi connectivity index (χ3v) is 6.22. The summed E-state index contributed by atoms with van der Waals surface area (Å²) >= 11 is 0. The van der Waals surface area contributed by atoms with E-state index in [1.807, 2.05) is 23.1 Å². The predicted octanol–water partition coefficient (Wildman–Crippen LogP) is 3.93. The number of phenolic OH excluding ortho intramolecular Hbond substituents is 1. The summed E-state index contributed by atoms with van der Waals surface area (Å²) in [5, 5.41) is 10.4. The van der Waals surface area contributed by atoms with Crippen molar-refractivity contribution in [2.24, 2.45) is 0 Å². The van der Waals surface area contributed by atoms with Crippen LogP contribution in [0.5, 0.6) is 17.2 Å². The van der Waals surface area contributed by atoms with Gasteiger partial charge in [0.25, 0.3) is 5.91 Å². The number of ether oxygens (including phenoxy) is 2. The van der Waals surface area contributed by atoms with Crippen molar-refractivity contribution in [3.8, 4) is 17.2 Å². The van der Waals surface area contributed by atoms with E-state index in [9.17, 15) is 9.90 Å². The number of hydrogen-bond donors (Lipinski definition) is 1. The summed E-state index contributed by atoms with van der Waals surface area (Å²) < 4.78 is 11.2. The number of benzene rings is 2. The second-order valence-corrected chi connectivity index (χ2v) is 8.30. The lowest BCUT2D eigenvalue weighted by Gasteiger charge is -2.23. The summed E-state index contributed by atoms with van der Waals surface area (Å²) in [7, 11) is 0. The molecule has 0 unspecified atom stereocenters. The molecule has 6 nitrogen and oxygen atoms in total. The van der Waals surface area contributed by atoms with Crippen LogP contribution < -0.4 is 9.47 Å². The Hall–Kier alpha value is -3.54. The number of pyridine rings is 1. The zero-order valence-corrected chi connectivity index (χ0v) is 17.9. The highest BCUT2D eigenvalue weighted by molar-refractivity contribution is 5.92. The fourth-order valence-corrected chi connectivity index (χ4v) is 4.45. The SMILES string of the molecule is O=C(c1ccccn1)N1CCCc2cc3c(cc2CCc2cc(ccc2O)CC1)OCO3. The normalized spacial score (nSPS) is 15.8. The summed E-state index contributed by atoms with van der Waals surface area (Å²) in [5.41, 5.74) is 4.90. The van der Waals surface area contributed by atoms with Crippen LogP contribution in [0.2, 0.25) is 0 Å². The van der Waals surface area contributed by atoms with Gasteiger partial charge in [-0.3, -0.25) is 9.78 Å². The number of carbonyl (C=O) groups excluding carboxylic acids is 1. The van der Waals surface area contributed by atoms with E-state index in [0.29, 0.717) is 24.5 Å². The monoisotopic (exact) mass is 430 g/mol. The number of fused-ring (bicyclic) bond motifs is 4. The number of aromatic nitrogens is 1. The number of phenols is 1. The number of aryl methyl sites for hydroxylation is 3. The first kappa shape index (κ1) is 20.4. The van der Waals surface area contributed by atoms with E-state index in [-0.39, 0.29) is 12.7 Å².